The van der Waals surface area contributed by atoms with Crippen LogP contribution < -0.4 is 0 Å². The van der Waals surface area contributed by atoms with Crippen molar-refractivity contribution in [1.82, 2.24) is 0 Å². The largest absolute Gasteiger partial charge is 0.299 e. The Bertz CT molecular complexity index is 239. The van der Waals surface area contributed by atoms with Gasteiger partial charge >= 0.3 is 0 Å². The summed E-state index contributed by atoms with van der Waals surface area (Å²) in [6, 6.07) is 0. The molecule has 2 rings (SSSR count). The van der Waals surface area contributed by atoms with Gasteiger partial charge in [-0.2, -0.15) is 0 Å². The van der Waals surface area contributed by atoms with Crippen molar-refractivity contribution in [3.63, 3.8) is 0 Å². The molecular formula is C11H16O. The topological polar surface area (TPSA) is 17.1 Å². The fourth-order valence-electron chi connectivity index (χ4n) is 2.15. The van der Waals surface area contributed by atoms with Crippen LogP contribution in [0.3, 0.4) is 0 Å². The third-order valence-electron chi connectivity index (χ3n) is 3.17. The maximum Gasteiger partial charge on any atom is 0.139 e. The Kier molecular flexibility index (Phi) is 1.82. The van der Waals surface area contributed by atoms with Crippen molar-refractivity contribution in [3.8, 4) is 0 Å². The maximum atomic E-state index is 11.7. The van der Waals surface area contributed by atoms with E-state index in [-0.39, 0.29) is 5.41 Å². The van der Waals surface area contributed by atoms with Crippen LogP contribution in [0.5, 0.6) is 0 Å². The molecule has 0 heterocycles. The zero-order valence-corrected chi connectivity index (χ0v) is 7.73. The molecule has 0 aliphatic heterocycles. The van der Waals surface area contributed by atoms with Gasteiger partial charge in [-0.3, -0.25) is 4.79 Å². The molecule has 0 amide bonds. The second-order valence-electron chi connectivity index (χ2n) is 4.43. The SMILES string of the molecule is CC1(CC2=CC2)CCCCC1=O. The molecule has 1 atom stereocenters. The number of hydrogen-bond acceptors (Lipinski definition) is 1. The minimum Gasteiger partial charge on any atom is -0.299 e. The molecule has 0 N–H and O–H groups in total. The summed E-state index contributed by atoms with van der Waals surface area (Å²) in [6.45, 7) is 2.15. The van der Waals surface area contributed by atoms with E-state index in [1.165, 1.54) is 18.4 Å². The summed E-state index contributed by atoms with van der Waals surface area (Å²) in [5, 5.41) is 0. The fraction of sp³-hybridized carbons (Fsp3) is 0.727. The third kappa shape index (κ3) is 1.45. The average Bonchev–Trinajstić information content (AvgIpc) is 2.79. The monoisotopic (exact) mass is 164 g/mol. The molecule has 1 saturated carbocycles. The van der Waals surface area contributed by atoms with Crippen molar-refractivity contribution in [1.29, 1.82) is 0 Å². The third-order valence-corrected chi connectivity index (χ3v) is 3.17. The summed E-state index contributed by atoms with van der Waals surface area (Å²) in [5.74, 6) is 0.501. The van der Waals surface area contributed by atoms with Gasteiger partial charge in [-0.05, 0) is 25.7 Å². The molecule has 0 saturated heterocycles. The van der Waals surface area contributed by atoms with Gasteiger partial charge in [-0.15, -0.1) is 0 Å². The Balaban J connectivity index is 2.04. The van der Waals surface area contributed by atoms with Gasteiger partial charge in [0, 0.05) is 11.8 Å². The summed E-state index contributed by atoms with van der Waals surface area (Å²) in [5.41, 5.74) is 1.52. The highest BCUT2D eigenvalue weighted by Gasteiger charge is 2.36. The van der Waals surface area contributed by atoms with E-state index in [0.29, 0.717) is 5.78 Å². The number of carbonyl (C=O) groups is 1. The van der Waals surface area contributed by atoms with Gasteiger partial charge in [0.05, 0.1) is 0 Å². The van der Waals surface area contributed by atoms with E-state index in [2.05, 4.69) is 13.0 Å². The second kappa shape index (κ2) is 2.72. The van der Waals surface area contributed by atoms with E-state index in [1.807, 2.05) is 0 Å². The minimum absolute atomic E-state index is 0.0145. The van der Waals surface area contributed by atoms with Crippen LogP contribution in [0.4, 0.5) is 0 Å². The van der Waals surface area contributed by atoms with Crippen molar-refractivity contribution in [2.75, 3.05) is 0 Å². The molecule has 0 aromatic heterocycles. The van der Waals surface area contributed by atoms with Crippen molar-refractivity contribution in [3.05, 3.63) is 11.6 Å². The molecular weight excluding hydrogens is 148 g/mol. The van der Waals surface area contributed by atoms with Crippen LogP contribution >= 0.6 is 0 Å². The van der Waals surface area contributed by atoms with E-state index < -0.39 is 0 Å². The minimum atomic E-state index is 0.0145. The van der Waals surface area contributed by atoms with Crippen LogP contribution in [-0.4, -0.2) is 5.78 Å². The lowest BCUT2D eigenvalue weighted by Gasteiger charge is -2.31. The molecule has 12 heavy (non-hydrogen) atoms. The molecule has 1 unspecified atom stereocenters. The Morgan fingerprint density at radius 1 is 1.50 bits per heavy atom. The molecule has 0 aromatic carbocycles. The first-order chi connectivity index (χ1) is 5.71. The quantitative estimate of drug-likeness (QED) is 0.573. The zero-order chi connectivity index (χ0) is 8.60. The number of hydrogen-bond donors (Lipinski definition) is 0. The van der Waals surface area contributed by atoms with Crippen molar-refractivity contribution < 1.29 is 4.79 Å². The van der Waals surface area contributed by atoms with Crippen molar-refractivity contribution in [2.24, 2.45) is 5.41 Å². The fourth-order valence-corrected chi connectivity index (χ4v) is 2.15. The molecule has 2 aliphatic rings. The summed E-state index contributed by atoms with van der Waals surface area (Å²) < 4.78 is 0. The predicted molar refractivity (Wildman–Crippen MR) is 48.9 cm³/mol. The van der Waals surface area contributed by atoms with Crippen molar-refractivity contribution in [2.45, 2.75) is 45.4 Å². The molecule has 0 radical (unpaired) electrons. The Morgan fingerprint density at radius 3 is 2.83 bits per heavy atom. The zero-order valence-electron chi connectivity index (χ0n) is 7.73. The number of ketones is 1. The number of allylic oxidation sites excluding steroid dienone is 2. The highest BCUT2D eigenvalue weighted by atomic mass is 16.1. The Morgan fingerprint density at radius 2 is 2.25 bits per heavy atom. The smallest absolute Gasteiger partial charge is 0.139 e. The lowest BCUT2D eigenvalue weighted by molar-refractivity contribution is -0.130. The predicted octanol–water partition coefficient (Wildman–Crippen LogP) is 2.86. The molecule has 0 aromatic rings. The number of rotatable bonds is 2. The molecule has 1 heteroatoms. The molecule has 66 valence electrons. The van der Waals surface area contributed by atoms with Crippen LogP contribution in [0.1, 0.15) is 45.4 Å². The summed E-state index contributed by atoms with van der Waals surface area (Å²) in [4.78, 5) is 11.7. The first-order valence-electron chi connectivity index (χ1n) is 4.92. The normalized spacial score (nSPS) is 34.8. The van der Waals surface area contributed by atoms with Gasteiger partial charge in [0.1, 0.15) is 5.78 Å². The van der Waals surface area contributed by atoms with E-state index in [9.17, 15) is 4.79 Å². The molecule has 2 aliphatic carbocycles. The second-order valence-corrected chi connectivity index (χ2v) is 4.43. The standard InChI is InChI=1S/C11H16O/c1-11(8-9-5-6-9)7-3-2-4-10(11)12/h5H,2-4,6-8H2,1H3. The van der Waals surface area contributed by atoms with E-state index in [1.54, 1.807) is 0 Å². The molecule has 0 spiro atoms. The van der Waals surface area contributed by atoms with Gasteiger partial charge in [0.2, 0.25) is 0 Å². The summed E-state index contributed by atoms with van der Waals surface area (Å²) in [7, 11) is 0. The van der Waals surface area contributed by atoms with Crippen LogP contribution in [0.25, 0.3) is 0 Å². The molecule has 1 fully saturated rings. The van der Waals surface area contributed by atoms with Gasteiger partial charge in [-0.25, -0.2) is 0 Å². The van der Waals surface area contributed by atoms with Crippen LogP contribution in [0.2, 0.25) is 0 Å². The first-order valence-corrected chi connectivity index (χ1v) is 4.92. The van der Waals surface area contributed by atoms with E-state index in [4.69, 9.17) is 0 Å². The Labute approximate surface area is 73.8 Å². The number of Topliss-reactive ketones (excluding diaryl/α,β-unsaturated/α-hetero) is 1. The first kappa shape index (κ1) is 8.03. The van der Waals surface area contributed by atoms with Crippen LogP contribution in [-0.2, 0) is 4.79 Å². The van der Waals surface area contributed by atoms with Gasteiger partial charge in [0.25, 0.3) is 0 Å². The Hall–Kier alpha value is -0.590. The highest BCUT2D eigenvalue weighted by Crippen LogP contribution is 2.41. The van der Waals surface area contributed by atoms with Gasteiger partial charge in [-0.1, -0.05) is 25.0 Å². The van der Waals surface area contributed by atoms with E-state index in [0.717, 1.165) is 25.7 Å². The molecule has 0 bridgehead atoms. The lowest BCUT2D eigenvalue weighted by Crippen LogP contribution is -2.30. The summed E-state index contributed by atoms with van der Waals surface area (Å²) >= 11 is 0. The average molecular weight is 164 g/mol. The lowest BCUT2D eigenvalue weighted by atomic mass is 9.72. The summed E-state index contributed by atoms with van der Waals surface area (Å²) in [6.07, 6.45) is 8.76. The van der Waals surface area contributed by atoms with Gasteiger partial charge in [0.15, 0.2) is 0 Å². The molecule has 1 nitrogen and oxygen atoms in total. The van der Waals surface area contributed by atoms with Crippen LogP contribution in [0.15, 0.2) is 11.6 Å². The van der Waals surface area contributed by atoms with Crippen LogP contribution in [0, 0.1) is 5.41 Å². The maximum absolute atomic E-state index is 11.7. The van der Waals surface area contributed by atoms with Crippen molar-refractivity contribution >= 4 is 5.78 Å². The van der Waals surface area contributed by atoms with E-state index >= 15 is 0 Å². The highest BCUT2D eigenvalue weighted by molar-refractivity contribution is 5.85. The van der Waals surface area contributed by atoms with Gasteiger partial charge < -0.3 is 0 Å². The number of carbonyl (C=O) groups excluding carboxylic acids is 1.